The molecule has 2 aromatic carbocycles. The van der Waals surface area contributed by atoms with Crippen LogP contribution in [0.2, 0.25) is 0 Å². The molecule has 0 atom stereocenters. The number of amides is 2. The summed E-state index contributed by atoms with van der Waals surface area (Å²) >= 11 is 0. The Morgan fingerprint density at radius 2 is 1.68 bits per heavy atom. The van der Waals surface area contributed by atoms with Crippen LogP contribution in [0.1, 0.15) is 20.7 Å². The fourth-order valence-electron chi connectivity index (χ4n) is 2.99. The lowest BCUT2D eigenvalue weighted by atomic mass is 10.1. The zero-order valence-electron chi connectivity index (χ0n) is 13.5. The van der Waals surface area contributed by atoms with E-state index in [2.05, 4.69) is 5.32 Å². The van der Waals surface area contributed by atoms with Gasteiger partial charge in [-0.3, -0.25) is 19.1 Å². The van der Waals surface area contributed by atoms with Gasteiger partial charge in [0.25, 0.3) is 11.8 Å². The Morgan fingerprint density at radius 1 is 1.00 bits per heavy atom. The number of hydrogen-bond donors (Lipinski definition) is 1. The number of nitrogens with zero attached hydrogens (tertiary/aromatic N) is 2. The smallest absolute Gasteiger partial charge is 0.408 e. The number of benzene rings is 2. The van der Waals surface area contributed by atoms with Crippen molar-refractivity contribution in [2.24, 2.45) is 7.05 Å². The molecule has 1 aliphatic rings. The average molecular weight is 337 g/mol. The minimum Gasteiger partial charge on any atom is -0.408 e. The van der Waals surface area contributed by atoms with Gasteiger partial charge in [0.1, 0.15) is 0 Å². The molecular weight excluding hydrogens is 322 g/mol. The van der Waals surface area contributed by atoms with E-state index in [1.54, 1.807) is 49.5 Å². The highest BCUT2D eigenvalue weighted by Crippen LogP contribution is 2.22. The maximum absolute atomic E-state index is 12.3. The molecule has 2 amide bonds. The lowest BCUT2D eigenvalue weighted by Gasteiger charge is -2.14. The lowest BCUT2D eigenvalue weighted by molar-refractivity contribution is 0.0660. The highest BCUT2D eigenvalue weighted by atomic mass is 16.4. The minimum absolute atomic E-state index is 0.259. The van der Waals surface area contributed by atoms with Crippen molar-refractivity contribution in [3.05, 3.63) is 64.1 Å². The Labute approximate surface area is 142 Å². The number of hydrogen-bond acceptors (Lipinski definition) is 5. The van der Waals surface area contributed by atoms with E-state index < -0.39 is 5.76 Å². The van der Waals surface area contributed by atoms with E-state index in [4.69, 9.17) is 4.42 Å². The largest absolute Gasteiger partial charge is 0.419 e. The van der Waals surface area contributed by atoms with Gasteiger partial charge in [-0.05, 0) is 30.3 Å². The summed E-state index contributed by atoms with van der Waals surface area (Å²) in [4.78, 5) is 37.3. The lowest BCUT2D eigenvalue weighted by Crippen LogP contribution is -2.34. The molecule has 25 heavy (non-hydrogen) atoms. The number of fused-ring (bicyclic) bond motifs is 2. The fourth-order valence-corrected chi connectivity index (χ4v) is 2.99. The number of anilines is 1. The SMILES string of the molecule is Cn1c(=O)oc2ccc(NCCN3C(=O)c4ccccc4C3=O)cc21. The second-order valence-electron chi connectivity index (χ2n) is 5.84. The second-order valence-corrected chi connectivity index (χ2v) is 5.84. The van der Waals surface area contributed by atoms with Crippen molar-refractivity contribution in [2.75, 3.05) is 18.4 Å². The van der Waals surface area contributed by atoms with Crippen LogP contribution in [0.3, 0.4) is 0 Å². The van der Waals surface area contributed by atoms with Crippen LogP contribution in [0.4, 0.5) is 5.69 Å². The number of aromatic nitrogens is 1. The molecule has 7 heteroatoms. The topological polar surface area (TPSA) is 84.6 Å². The van der Waals surface area contributed by atoms with E-state index in [1.807, 2.05) is 0 Å². The maximum Gasteiger partial charge on any atom is 0.419 e. The van der Waals surface area contributed by atoms with Crippen LogP contribution in [0.25, 0.3) is 11.1 Å². The molecule has 0 fully saturated rings. The van der Waals surface area contributed by atoms with Crippen molar-refractivity contribution in [1.82, 2.24) is 9.47 Å². The number of nitrogens with one attached hydrogen (secondary N) is 1. The average Bonchev–Trinajstić information content (AvgIpc) is 3.04. The van der Waals surface area contributed by atoms with Gasteiger partial charge in [-0.15, -0.1) is 0 Å². The standard InChI is InChI=1S/C18H15N3O4/c1-20-14-10-11(6-7-15(14)25-18(20)24)19-8-9-21-16(22)12-4-2-3-5-13(12)17(21)23/h2-7,10,19H,8-9H2,1H3. The fraction of sp³-hybridized carbons (Fsp3) is 0.167. The predicted octanol–water partition coefficient (Wildman–Crippen LogP) is 1.84. The number of oxazole rings is 1. The Kier molecular flexibility index (Phi) is 3.42. The summed E-state index contributed by atoms with van der Waals surface area (Å²) in [7, 11) is 1.64. The molecule has 0 bridgehead atoms. The van der Waals surface area contributed by atoms with Gasteiger partial charge in [0.2, 0.25) is 0 Å². The molecule has 126 valence electrons. The Bertz CT molecular complexity index is 1030. The third-order valence-corrected chi connectivity index (χ3v) is 4.33. The highest BCUT2D eigenvalue weighted by Gasteiger charge is 2.34. The summed E-state index contributed by atoms with van der Waals surface area (Å²) in [6, 6.07) is 12.1. The first-order valence-corrected chi connectivity index (χ1v) is 7.85. The number of imide groups is 1. The van der Waals surface area contributed by atoms with Crippen molar-refractivity contribution in [3.8, 4) is 0 Å². The second kappa shape index (κ2) is 5.62. The summed E-state index contributed by atoms with van der Waals surface area (Å²) in [6.45, 7) is 0.664. The molecule has 1 N–H and O–H groups in total. The van der Waals surface area contributed by atoms with Crippen LogP contribution in [0, 0.1) is 0 Å². The molecule has 1 aromatic heterocycles. The molecule has 4 rings (SSSR count). The summed E-state index contributed by atoms with van der Waals surface area (Å²) in [5.41, 5.74) is 2.86. The van der Waals surface area contributed by atoms with Crippen LogP contribution >= 0.6 is 0 Å². The summed E-state index contributed by atoms with van der Waals surface area (Å²) in [6.07, 6.45) is 0. The first-order valence-electron chi connectivity index (χ1n) is 7.85. The normalized spacial score (nSPS) is 13.6. The molecule has 0 radical (unpaired) electrons. The minimum atomic E-state index is -0.418. The van der Waals surface area contributed by atoms with Gasteiger partial charge in [0.05, 0.1) is 16.6 Å². The molecule has 3 aromatic rings. The van der Waals surface area contributed by atoms with Gasteiger partial charge in [-0.25, -0.2) is 4.79 Å². The molecule has 7 nitrogen and oxygen atoms in total. The van der Waals surface area contributed by atoms with Crippen LogP contribution in [-0.4, -0.2) is 34.4 Å². The molecule has 2 heterocycles. The maximum atomic E-state index is 12.3. The van der Waals surface area contributed by atoms with Crippen LogP contribution in [0.5, 0.6) is 0 Å². The van der Waals surface area contributed by atoms with Crippen molar-refractivity contribution < 1.29 is 14.0 Å². The molecule has 0 saturated carbocycles. The van der Waals surface area contributed by atoms with Crippen LogP contribution in [0.15, 0.2) is 51.7 Å². The van der Waals surface area contributed by atoms with E-state index in [9.17, 15) is 14.4 Å². The van der Waals surface area contributed by atoms with E-state index >= 15 is 0 Å². The van der Waals surface area contributed by atoms with Crippen molar-refractivity contribution in [3.63, 3.8) is 0 Å². The predicted molar refractivity (Wildman–Crippen MR) is 91.8 cm³/mol. The molecule has 0 saturated heterocycles. The van der Waals surface area contributed by atoms with Gasteiger partial charge in [0.15, 0.2) is 5.58 Å². The van der Waals surface area contributed by atoms with E-state index in [0.717, 1.165) is 5.69 Å². The summed E-state index contributed by atoms with van der Waals surface area (Å²) in [5, 5.41) is 3.16. The molecule has 1 aliphatic heterocycles. The van der Waals surface area contributed by atoms with Crippen molar-refractivity contribution >= 4 is 28.6 Å². The quantitative estimate of drug-likeness (QED) is 0.734. The van der Waals surface area contributed by atoms with Gasteiger partial charge >= 0.3 is 5.76 Å². The highest BCUT2D eigenvalue weighted by molar-refractivity contribution is 6.21. The summed E-state index contributed by atoms with van der Waals surface area (Å²) in [5.74, 6) is -0.955. The van der Waals surface area contributed by atoms with E-state index in [-0.39, 0.29) is 18.4 Å². The third-order valence-electron chi connectivity index (χ3n) is 4.33. The third kappa shape index (κ3) is 2.40. The van der Waals surface area contributed by atoms with E-state index in [1.165, 1.54) is 9.47 Å². The molecule has 0 spiro atoms. The summed E-state index contributed by atoms with van der Waals surface area (Å²) < 4.78 is 6.51. The van der Waals surface area contributed by atoms with Gasteiger partial charge in [-0.2, -0.15) is 0 Å². The molecule has 0 aliphatic carbocycles. The molecular formula is C18H15N3O4. The first kappa shape index (κ1) is 15.2. The van der Waals surface area contributed by atoms with Gasteiger partial charge in [-0.1, -0.05) is 12.1 Å². The zero-order valence-corrected chi connectivity index (χ0v) is 13.5. The number of carbonyl (C=O) groups is 2. The number of rotatable bonds is 4. The van der Waals surface area contributed by atoms with E-state index in [0.29, 0.717) is 28.8 Å². The Balaban J connectivity index is 1.47. The van der Waals surface area contributed by atoms with Crippen LogP contribution in [-0.2, 0) is 7.05 Å². The zero-order chi connectivity index (χ0) is 17.6. The van der Waals surface area contributed by atoms with Crippen molar-refractivity contribution in [1.29, 1.82) is 0 Å². The van der Waals surface area contributed by atoms with Gasteiger partial charge in [0, 0.05) is 25.8 Å². The molecule has 0 unspecified atom stereocenters. The monoisotopic (exact) mass is 337 g/mol. The van der Waals surface area contributed by atoms with Gasteiger partial charge < -0.3 is 9.73 Å². The first-order chi connectivity index (χ1) is 12.1. The Morgan fingerprint density at radius 3 is 2.36 bits per heavy atom. The Hall–Kier alpha value is -3.35. The number of carbonyl (C=O) groups excluding carboxylic acids is 2. The van der Waals surface area contributed by atoms with Crippen LogP contribution < -0.4 is 11.1 Å². The van der Waals surface area contributed by atoms with Crippen molar-refractivity contribution in [2.45, 2.75) is 0 Å². The number of aryl methyl sites for hydroxylation is 1.